The highest BCUT2D eigenvalue weighted by molar-refractivity contribution is 14.0. The molecule has 7 nitrogen and oxygen atoms in total. The van der Waals surface area contributed by atoms with E-state index in [2.05, 4.69) is 27.9 Å². The van der Waals surface area contributed by atoms with E-state index in [1.165, 1.54) is 4.90 Å². The van der Waals surface area contributed by atoms with Gasteiger partial charge in [-0.2, -0.15) is 0 Å². The van der Waals surface area contributed by atoms with Crippen LogP contribution in [-0.4, -0.2) is 56.4 Å². The van der Waals surface area contributed by atoms with Crippen LogP contribution in [-0.2, 0) is 11.3 Å². The van der Waals surface area contributed by atoms with Crippen LogP contribution >= 0.6 is 24.0 Å². The van der Waals surface area contributed by atoms with E-state index in [4.69, 9.17) is 0 Å². The van der Waals surface area contributed by atoms with E-state index >= 15 is 0 Å². The van der Waals surface area contributed by atoms with Crippen LogP contribution in [0.4, 0.5) is 0 Å². The number of aliphatic imine (C=N–C) groups is 1. The van der Waals surface area contributed by atoms with Gasteiger partial charge in [0, 0.05) is 32.7 Å². The number of amides is 2. The second-order valence-electron chi connectivity index (χ2n) is 6.14. The molecule has 0 radical (unpaired) electrons. The number of guanidine groups is 1. The molecule has 0 aliphatic rings. The highest BCUT2D eigenvalue weighted by atomic mass is 127. The monoisotopic (exact) mass is 489 g/mol. The maximum Gasteiger partial charge on any atom is 0.251 e. The number of nitrogens with one attached hydrogen (secondary N) is 3. The molecule has 0 aromatic heterocycles. The first kappa shape index (κ1) is 25.2. The molecule has 0 aliphatic heterocycles. The van der Waals surface area contributed by atoms with Crippen molar-refractivity contribution in [1.29, 1.82) is 0 Å². The van der Waals surface area contributed by atoms with Gasteiger partial charge in [-0.25, -0.2) is 4.99 Å². The molecule has 8 heteroatoms. The van der Waals surface area contributed by atoms with Gasteiger partial charge < -0.3 is 20.9 Å². The number of benzene rings is 1. The average Bonchev–Trinajstić information content (AvgIpc) is 2.64. The average molecular weight is 489 g/mol. The van der Waals surface area contributed by atoms with Crippen molar-refractivity contribution in [2.75, 3.05) is 33.7 Å². The van der Waals surface area contributed by atoms with Crippen molar-refractivity contribution < 1.29 is 9.59 Å². The summed E-state index contributed by atoms with van der Waals surface area (Å²) in [6.07, 6.45) is 2.04. The number of halogens is 1. The molecule has 0 unspecified atom stereocenters. The molecule has 0 spiro atoms. The highest BCUT2D eigenvalue weighted by Gasteiger charge is 2.06. The largest absolute Gasteiger partial charge is 0.357 e. The Morgan fingerprint density at radius 3 is 2.26 bits per heavy atom. The van der Waals surface area contributed by atoms with Gasteiger partial charge in [0.2, 0.25) is 5.91 Å². The molecule has 152 valence electrons. The number of nitrogens with zero attached hydrogens (tertiary/aromatic N) is 2. The first-order valence-corrected chi connectivity index (χ1v) is 9.07. The fraction of sp³-hybridized carbons (Fsp3) is 0.526. The van der Waals surface area contributed by atoms with Crippen LogP contribution in [0.5, 0.6) is 0 Å². The Morgan fingerprint density at radius 1 is 1.04 bits per heavy atom. The summed E-state index contributed by atoms with van der Waals surface area (Å²) in [6, 6.07) is 7.41. The van der Waals surface area contributed by atoms with Crippen molar-refractivity contribution in [3.63, 3.8) is 0 Å². The zero-order valence-corrected chi connectivity index (χ0v) is 19.0. The summed E-state index contributed by atoms with van der Waals surface area (Å²) in [5.41, 5.74) is 1.64. The van der Waals surface area contributed by atoms with Crippen molar-refractivity contribution in [3.05, 3.63) is 35.4 Å². The summed E-state index contributed by atoms with van der Waals surface area (Å²) < 4.78 is 0. The van der Waals surface area contributed by atoms with Crippen LogP contribution in [0.2, 0.25) is 0 Å². The molecule has 0 saturated heterocycles. The summed E-state index contributed by atoms with van der Waals surface area (Å²) in [5.74, 6) is 0.517. The van der Waals surface area contributed by atoms with Crippen LogP contribution in [0.25, 0.3) is 0 Å². The lowest BCUT2D eigenvalue weighted by atomic mass is 10.1. The number of rotatable bonds is 9. The quantitative estimate of drug-likeness (QED) is 0.214. The van der Waals surface area contributed by atoms with Crippen LogP contribution in [0, 0.1) is 0 Å². The van der Waals surface area contributed by atoms with Gasteiger partial charge in [-0.15, -0.1) is 24.0 Å². The number of unbranched alkanes of at least 4 members (excludes halogenated alkanes) is 1. The topological polar surface area (TPSA) is 85.8 Å². The van der Waals surface area contributed by atoms with E-state index in [1.54, 1.807) is 14.1 Å². The first-order valence-electron chi connectivity index (χ1n) is 9.07. The Labute approximate surface area is 179 Å². The van der Waals surface area contributed by atoms with Crippen molar-refractivity contribution >= 4 is 41.8 Å². The molecule has 1 rings (SSSR count). The Hall–Kier alpha value is -1.84. The van der Waals surface area contributed by atoms with E-state index in [9.17, 15) is 9.59 Å². The number of likely N-dealkylation sites (N-methyl/N-ethyl adjacent to an activating group) is 1. The molecule has 3 N–H and O–H groups in total. The predicted molar refractivity (Wildman–Crippen MR) is 121 cm³/mol. The van der Waals surface area contributed by atoms with Crippen molar-refractivity contribution in [3.8, 4) is 0 Å². The van der Waals surface area contributed by atoms with Gasteiger partial charge in [0.05, 0.1) is 13.1 Å². The first-order chi connectivity index (χ1) is 12.5. The van der Waals surface area contributed by atoms with E-state index in [0.717, 1.165) is 18.4 Å². The minimum absolute atomic E-state index is 0. The minimum Gasteiger partial charge on any atom is -0.357 e. The zero-order valence-electron chi connectivity index (χ0n) is 16.7. The predicted octanol–water partition coefficient (Wildman–Crippen LogP) is 1.98. The number of hydrogen-bond acceptors (Lipinski definition) is 3. The number of carbonyl (C=O) groups is 2. The Bertz CT molecular complexity index is 603. The number of carbonyl (C=O) groups excluding carboxylic acids is 2. The lowest BCUT2D eigenvalue weighted by Gasteiger charge is -2.14. The Morgan fingerprint density at radius 2 is 1.70 bits per heavy atom. The Kier molecular flexibility index (Phi) is 13.3. The smallest absolute Gasteiger partial charge is 0.251 e. The highest BCUT2D eigenvalue weighted by Crippen LogP contribution is 2.06. The van der Waals surface area contributed by atoms with Crippen LogP contribution in [0.1, 0.15) is 42.6 Å². The standard InChI is InChI=1S/C19H31N5O2.HI/c1-5-7-12-21-18(26)16-10-8-15(9-11-16)13-22-19(20-6-2)23-14-17(25)24(3)4;/h8-11H,5-7,12-14H2,1-4H3,(H,21,26)(H2,20,22,23);1H. The lowest BCUT2D eigenvalue weighted by molar-refractivity contribution is -0.127. The van der Waals surface area contributed by atoms with Crippen molar-refractivity contribution in [2.45, 2.75) is 33.2 Å². The third-order valence-corrected chi connectivity index (χ3v) is 3.70. The van der Waals surface area contributed by atoms with Gasteiger partial charge in [0.15, 0.2) is 5.96 Å². The van der Waals surface area contributed by atoms with Crippen LogP contribution in [0.15, 0.2) is 29.3 Å². The van der Waals surface area contributed by atoms with Crippen molar-refractivity contribution in [2.24, 2.45) is 4.99 Å². The molecule has 27 heavy (non-hydrogen) atoms. The molecule has 0 atom stereocenters. The second kappa shape index (κ2) is 14.2. The molecule has 2 amide bonds. The summed E-state index contributed by atoms with van der Waals surface area (Å²) in [5, 5.41) is 9.02. The summed E-state index contributed by atoms with van der Waals surface area (Å²) in [6.45, 7) is 6.12. The molecule has 0 heterocycles. The third kappa shape index (κ3) is 10.2. The molecule has 0 saturated carbocycles. The van der Waals surface area contributed by atoms with Gasteiger partial charge in [0.1, 0.15) is 0 Å². The van der Waals surface area contributed by atoms with Crippen molar-refractivity contribution in [1.82, 2.24) is 20.9 Å². The van der Waals surface area contributed by atoms with Crippen LogP contribution in [0.3, 0.4) is 0 Å². The summed E-state index contributed by atoms with van der Waals surface area (Å²) in [4.78, 5) is 29.7. The SMILES string of the molecule is CCCCNC(=O)c1ccc(CN=C(NCC)NCC(=O)N(C)C)cc1.I. The normalized spacial score (nSPS) is 10.6. The van der Waals surface area contributed by atoms with Gasteiger partial charge in [0.25, 0.3) is 5.91 Å². The minimum atomic E-state index is -0.0503. The summed E-state index contributed by atoms with van der Waals surface area (Å²) >= 11 is 0. The molecule has 0 fully saturated rings. The van der Waals surface area contributed by atoms with Gasteiger partial charge in [-0.05, 0) is 31.0 Å². The van der Waals surface area contributed by atoms with E-state index < -0.39 is 0 Å². The summed E-state index contributed by atoms with van der Waals surface area (Å²) in [7, 11) is 3.43. The fourth-order valence-electron chi connectivity index (χ4n) is 2.07. The molecule has 0 bridgehead atoms. The zero-order chi connectivity index (χ0) is 19.4. The van der Waals surface area contributed by atoms with E-state index in [-0.39, 0.29) is 42.3 Å². The molecule has 1 aromatic carbocycles. The molecular weight excluding hydrogens is 457 g/mol. The van der Waals surface area contributed by atoms with E-state index in [0.29, 0.717) is 31.2 Å². The third-order valence-electron chi connectivity index (χ3n) is 3.70. The van der Waals surface area contributed by atoms with E-state index in [1.807, 2.05) is 31.2 Å². The fourth-order valence-corrected chi connectivity index (χ4v) is 2.07. The number of hydrogen-bond donors (Lipinski definition) is 3. The Balaban J connectivity index is 0.00000676. The van der Waals surface area contributed by atoms with Gasteiger partial charge in [-0.3, -0.25) is 9.59 Å². The molecule has 0 aliphatic carbocycles. The molecule has 1 aromatic rings. The lowest BCUT2D eigenvalue weighted by Crippen LogP contribution is -2.42. The van der Waals surface area contributed by atoms with Gasteiger partial charge in [-0.1, -0.05) is 25.5 Å². The van der Waals surface area contributed by atoms with Crippen LogP contribution < -0.4 is 16.0 Å². The maximum atomic E-state index is 12.0. The second-order valence-corrected chi connectivity index (χ2v) is 6.14. The maximum absolute atomic E-state index is 12.0. The van der Waals surface area contributed by atoms with Gasteiger partial charge >= 0.3 is 0 Å². The molecular formula is C19H32IN5O2.